The Kier molecular flexibility index (Phi) is 7.37. The Bertz CT molecular complexity index is 990. The molecule has 0 unspecified atom stereocenters. The number of hydrogen-bond donors (Lipinski definition) is 1. The maximum atomic E-state index is 11.0. The third-order valence-corrected chi connectivity index (χ3v) is 6.16. The summed E-state index contributed by atoms with van der Waals surface area (Å²) in [4.78, 5) is 11.0. The Morgan fingerprint density at radius 1 is 1.04 bits per heavy atom. The van der Waals surface area contributed by atoms with E-state index < -0.39 is 5.97 Å². The van der Waals surface area contributed by atoms with Crippen molar-refractivity contribution in [2.75, 3.05) is 0 Å². The summed E-state index contributed by atoms with van der Waals surface area (Å²) in [6.45, 7) is 0.472. The molecule has 3 nitrogen and oxygen atoms in total. The number of halogens is 3. The molecular weight excluding hydrogens is 555 g/mol. The second-order valence-electron chi connectivity index (χ2n) is 6.26. The predicted molar refractivity (Wildman–Crippen MR) is 123 cm³/mol. The Balaban J connectivity index is 1.76. The van der Waals surface area contributed by atoms with E-state index in [1.807, 2.05) is 36.4 Å². The van der Waals surface area contributed by atoms with Gasteiger partial charge >= 0.3 is 5.97 Å². The summed E-state index contributed by atoms with van der Waals surface area (Å²) < 4.78 is 8.12. The van der Waals surface area contributed by atoms with Crippen LogP contribution in [0.3, 0.4) is 0 Å². The van der Waals surface area contributed by atoms with Crippen molar-refractivity contribution in [2.45, 2.75) is 19.4 Å². The third-order valence-electron chi connectivity index (χ3n) is 4.30. The van der Waals surface area contributed by atoms with E-state index in [0.29, 0.717) is 11.6 Å². The first-order chi connectivity index (χ1) is 13.4. The van der Waals surface area contributed by atoms with Gasteiger partial charge in [-0.05, 0) is 92.8 Å². The summed E-state index contributed by atoms with van der Waals surface area (Å²) >= 11 is 12.1. The maximum absolute atomic E-state index is 11.0. The van der Waals surface area contributed by atoms with Crippen molar-refractivity contribution in [3.8, 4) is 5.75 Å². The smallest absolute Gasteiger partial charge is 0.335 e. The molecule has 1 N–H and O–H groups in total. The fraction of sp³-hybridized carbons (Fsp3) is 0.136. The fourth-order valence-corrected chi connectivity index (χ4v) is 4.35. The van der Waals surface area contributed by atoms with Crippen LogP contribution in [0.25, 0.3) is 0 Å². The monoisotopic (exact) mass is 570 g/mol. The van der Waals surface area contributed by atoms with Crippen LogP contribution < -0.4 is 4.74 Å². The Morgan fingerprint density at radius 2 is 1.75 bits per heavy atom. The van der Waals surface area contributed by atoms with Crippen LogP contribution in [0.2, 0.25) is 5.02 Å². The van der Waals surface area contributed by atoms with E-state index >= 15 is 0 Å². The quantitative estimate of drug-likeness (QED) is 0.319. The van der Waals surface area contributed by atoms with Crippen molar-refractivity contribution in [1.82, 2.24) is 0 Å². The van der Waals surface area contributed by atoms with E-state index in [9.17, 15) is 4.79 Å². The molecule has 6 heteroatoms. The highest BCUT2D eigenvalue weighted by Crippen LogP contribution is 2.34. The van der Waals surface area contributed by atoms with Crippen LogP contribution in [0.1, 0.15) is 27.0 Å². The molecule has 0 heterocycles. The van der Waals surface area contributed by atoms with Crippen molar-refractivity contribution >= 4 is 56.1 Å². The number of hydrogen-bond acceptors (Lipinski definition) is 2. The number of aromatic carboxylic acids is 1. The van der Waals surface area contributed by atoms with Gasteiger partial charge in [-0.1, -0.05) is 41.9 Å². The van der Waals surface area contributed by atoms with E-state index in [-0.39, 0.29) is 5.56 Å². The van der Waals surface area contributed by atoms with Gasteiger partial charge in [-0.3, -0.25) is 0 Å². The first-order valence-electron chi connectivity index (χ1n) is 8.60. The molecule has 0 saturated heterocycles. The topological polar surface area (TPSA) is 46.5 Å². The lowest BCUT2D eigenvalue weighted by molar-refractivity contribution is 0.0697. The van der Waals surface area contributed by atoms with Gasteiger partial charge in [-0.25, -0.2) is 4.79 Å². The highest BCUT2D eigenvalue weighted by molar-refractivity contribution is 14.1. The lowest BCUT2D eigenvalue weighted by Gasteiger charge is -2.15. The average Bonchev–Trinajstić information content (AvgIpc) is 2.67. The average molecular weight is 572 g/mol. The van der Waals surface area contributed by atoms with E-state index in [1.54, 1.807) is 12.1 Å². The molecule has 144 valence electrons. The minimum Gasteiger partial charge on any atom is -0.487 e. The molecule has 0 saturated carbocycles. The zero-order chi connectivity index (χ0) is 20.1. The van der Waals surface area contributed by atoms with Gasteiger partial charge < -0.3 is 9.84 Å². The van der Waals surface area contributed by atoms with Crippen LogP contribution in [0, 0.1) is 3.57 Å². The summed E-state index contributed by atoms with van der Waals surface area (Å²) in [5, 5.41) is 9.66. The zero-order valence-corrected chi connectivity index (χ0v) is 19.3. The van der Waals surface area contributed by atoms with Crippen LogP contribution >= 0.6 is 50.1 Å². The van der Waals surface area contributed by atoms with Gasteiger partial charge in [0.1, 0.15) is 12.4 Å². The second kappa shape index (κ2) is 9.76. The summed E-state index contributed by atoms with van der Waals surface area (Å²) in [6.07, 6.45) is 1.48. The Labute approximate surface area is 191 Å². The minimum absolute atomic E-state index is 0.288. The van der Waals surface area contributed by atoms with Gasteiger partial charge in [-0.15, -0.1) is 0 Å². The molecule has 3 aromatic carbocycles. The molecule has 0 aliphatic heterocycles. The number of aryl methyl sites for hydroxylation is 2. The summed E-state index contributed by atoms with van der Waals surface area (Å²) in [5.41, 5.74) is 3.48. The molecule has 0 spiro atoms. The number of ether oxygens (including phenoxy) is 1. The van der Waals surface area contributed by atoms with Gasteiger partial charge in [-0.2, -0.15) is 0 Å². The Morgan fingerprint density at radius 3 is 2.43 bits per heavy atom. The van der Waals surface area contributed by atoms with Gasteiger partial charge in [0, 0.05) is 14.2 Å². The Hall–Kier alpha value is -1.57. The van der Waals surface area contributed by atoms with Crippen LogP contribution in [0.4, 0.5) is 0 Å². The molecule has 0 aliphatic carbocycles. The number of carboxylic acid groups (broad SMARTS) is 1. The number of rotatable bonds is 7. The SMILES string of the molecule is O=C(O)c1ccc(CCc2cc(Cl)cc(Br)c2OCc2ccccc2I)cc1. The molecule has 0 bridgehead atoms. The highest BCUT2D eigenvalue weighted by atomic mass is 127. The molecule has 0 amide bonds. The molecule has 0 atom stereocenters. The van der Waals surface area contributed by atoms with Crippen molar-refractivity contribution in [3.05, 3.63) is 96.0 Å². The van der Waals surface area contributed by atoms with Crippen LogP contribution in [0.15, 0.2) is 65.1 Å². The van der Waals surface area contributed by atoms with Crippen molar-refractivity contribution in [3.63, 3.8) is 0 Å². The maximum Gasteiger partial charge on any atom is 0.335 e. The molecule has 0 fully saturated rings. The van der Waals surface area contributed by atoms with Crippen molar-refractivity contribution in [1.29, 1.82) is 0 Å². The molecule has 0 aromatic heterocycles. The molecular formula is C22H17BrClIO3. The van der Waals surface area contributed by atoms with Crippen LogP contribution in [-0.4, -0.2) is 11.1 Å². The van der Waals surface area contributed by atoms with Crippen molar-refractivity contribution in [2.24, 2.45) is 0 Å². The summed E-state index contributed by atoms with van der Waals surface area (Å²) in [6, 6.07) is 18.8. The lowest BCUT2D eigenvalue weighted by Crippen LogP contribution is -2.03. The normalized spacial score (nSPS) is 10.7. The highest BCUT2D eigenvalue weighted by Gasteiger charge is 2.12. The standard InChI is InChI=1S/C22H17BrClIO3/c23-19-12-18(24)11-16(10-7-14-5-8-15(9-6-14)22(26)27)21(19)28-13-17-3-1-2-4-20(17)25/h1-6,8-9,11-12H,7,10,13H2,(H,26,27). The molecule has 3 rings (SSSR count). The van der Waals surface area contributed by atoms with Gasteiger partial charge in [0.15, 0.2) is 0 Å². The van der Waals surface area contributed by atoms with E-state index in [1.165, 1.54) is 0 Å². The van der Waals surface area contributed by atoms with Gasteiger partial charge in [0.05, 0.1) is 10.0 Å². The zero-order valence-electron chi connectivity index (χ0n) is 14.8. The van der Waals surface area contributed by atoms with Crippen molar-refractivity contribution < 1.29 is 14.6 Å². The van der Waals surface area contributed by atoms with E-state index in [2.05, 4.69) is 50.7 Å². The molecule has 0 radical (unpaired) electrons. The fourth-order valence-electron chi connectivity index (χ4n) is 2.82. The molecule has 3 aromatic rings. The molecule has 0 aliphatic rings. The number of carboxylic acids is 1. The third kappa shape index (κ3) is 5.49. The van der Waals surface area contributed by atoms with Crippen LogP contribution in [-0.2, 0) is 19.4 Å². The molecule has 28 heavy (non-hydrogen) atoms. The predicted octanol–water partition coefficient (Wildman–Crippen LogP) is 6.77. The minimum atomic E-state index is -0.920. The first kappa shape index (κ1) is 21.1. The lowest BCUT2D eigenvalue weighted by atomic mass is 10.0. The number of benzene rings is 3. The van der Waals surface area contributed by atoms with E-state index in [0.717, 1.165) is 43.3 Å². The largest absolute Gasteiger partial charge is 0.487 e. The van der Waals surface area contributed by atoms with E-state index in [4.69, 9.17) is 21.4 Å². The van der Waals surface area contributed by atoms with Gasteiger partial charge in [0.25, 0.3) is 0 Å². The number of carbonyl (C=O) groups is 1. The summed E-state index contributed by atoms with van der Waals surface area (Å²) in [5.74, 6) is -0.136. The second-order valence-corrected chi connectivity index (χ2v) is 8.71. The van der Waals surface area contributed by atoms with Gasteiger partial charge in [0.2, 0.25) is 0 Å². The van der Waals surface area contributed by atoms with Crippen LogP contribution in [0.5, 0.6) is 5.75 Å². The first-order valence-corrected chi connectivity index (χ1v) is 10.9. The summed E-state index contributed by atoms with van der Waals surface area (Å²) in [7, 11) is 0.